The molecule has 3 aromatic rings. The first-order valence-electron chi connectivity index (χ1n) is 10.4. The Morgan fingerprint density at radius 2 is 2.03 bits per heavy atom. The van der Waals surface area contributed by atoms with Crippen LogP contribution in [0.25, 0.3) is 22.4 Å². The fourth-order valence-corrected chi connectivity index (χ4v) is 4.64. The first kappa shape index (κ1) is 24.6. The van der Waals surface area contributed by atoms with E-state index in [0.717, 1.165) is 37.4 Å². The maximum atomic E-state index is 12.2. The monoisotopic (exact) mass is 522 g/mol. The van der Waals surface area contributed by atoms with Crippen LogP contribution < -0.4 is 9.64 Å². The Bertz CT molecular complexity index is 1060. The molecule has 172 valence electrons. The molecular formula is C24H28BrFN2O3S. The first-order chi connectivity index (χ1) is 15.5. The SMILES string of the molecule is CCc1cc2nc(/C=C/c3ccc(OCOC)c(Br)c3)sc2cc1N(C)CCOCCF. The molecule has 0 N–H and O–H groups in total. The molecule has 0 spiro atoms. The summed E-state index contributed by atoms with van der Waals surface area (Å²) in [5, 5.41) is 0.948. The molecule has 8 heteroatoms. The zero-order chi connectivity index (χ0) is 22.9. The fourth-order valence-electron chi connectivity index (χ4n) is 3.24. The van der Waals surface area contributed by atoms with E-state index in [1.165, 1.54) is 11.3 Å². The normalized spacial score (nSPS) is 11.5. The largest absolute Gasteiger partial charge is 0.466 e. The number of ether oxygens (including phenoxy) is 3. The minimum atomic E-state index is -0.449. The highest BCUT2D eigenvalue weighted by molar-refractivity contribution is 9.10. The van der Waals surface area contributed by atoms with Crippen molar-refractivity contribution in [1.82, 2.24) is 4.98 Å². The number of anilines is 1. The highest BCUT2D eigenvalue weighted by atomic mass is 79.9. The van der Waals surface area contributed by atoms with Crippen molar-refractivity contribution >= 4 is 55.3 Å². The molecule has 0 aliphatic rings. The number of aryl methyl sites for hydroxylation is 1. The van der Waals surface area contributed by atoms with Crippen LogP contribution in [0.1, 0.15) is 23.1 Å². The second-order valence-electron chi connectivity index (χ2n) is 7.15. The average Bonchev–Trinajstić information content (AvgIpc) is 3.20. The van der Waals surface area contributed by atoms with Gasteiger partial charge in [-0.3, -0.25) is 0 Å². The van der Waals surface area contributed by atoms with Gasteiger partial charge < -0.3 is 19.1 Å². The molecule has 0 bridgehead atoms. The maximum Gasteiger partial charge on any atom is 0.188 e. The standard InChI is InChI=1S/C24H28BrFN2O3S/c1-4-18-14-20-23(15-21(18)28(2)10-12-30-11-9-26)32-24(27-20)8-6-17-5-7-22(19(25)13-17)31-16-29-3/h5-8,13-15H,4,9-12,16H2,1-3H3/b8-6+. The van der Waals surface area contributed by atoms with Crippen LogP contribution in [0, 0.1) is 0 Å². The van der Waals surface area contributed by atoms with E-state index >= 15 is 0 Å². The number of hydrogen-bond donors (Lipinski definition) is 0. The summed E-state index contributed by atoms with van der Waals surface area (Å²) >= 11 is 5.20. The lowest BCUT2D eigenvalue weighted by molar-refractivity contribution is 0.0506. The van der Waals surface area contributed by atoms with Crippen LogP contribution in [-0.2, 0) is 15.9 Å². The second-order valence-corrected chi connectivity index (χ2v) is 9.07. The molecule has 3 rings (SSSR count). The first-order valence-corrected chi connectivity index (χ1v) is 12.0. The quantitative estimate of drug-likeness (QED) is 0.209. The summed E-state index contributed by atoms with van der Waals surface area (Å²) in [7, 11) is 3.63. The minimum absolute atomic E-state index is 0.150. The van der Waals surface area contributed by atoms with Crippen molar-refractivity contribution in [2.24, 2.45) is 0 Å². The Balaban J connectivity index is 1.76. The molecule has 0 unspecified atom stereocenters. The molecule has 2 aromatic carbocycles. The summed E-state index contributed by atoms with van der Waals surface area (Å²) in [5.41, 5.74) is 4.45. The van der Waals surface area contributed by atoms with Crippen LogP contribution in [0.5, 0.6) is 5.75 Å². The van der Waals surface area contributed by atoms with Crippen LogP contribution in [0.4, 0.5) is 10.1 Å². The zero-order valence-corrected chi connectivity index (χ0v) is 21.0. The van der Waals surface area contributed by atoms with Gasteiger partial charge in [-0.2, -0.15) is 0 Å². The van der Waals surface area contributed by atoms with Crippen LogP contribution >= 0.6 is 27.3 Å². The molecule has 0 saturated carbocycles. The van der Waals surface area contributed by atoms with E-state index < -0.39 is 6.67 Å². The molecule has 1 aromatic heterocycles. The fraction of sp³-hybridized carbons (Fsp3) is 0.375. The number of fused-ring (bicyclic) bond motifs is 1. The lowest BCUT2D eigenvalue weighted by Crippen LogP contribution is -2.24. The number of nitrogens with zero attached hydrogens (tertiary/aromatic N) is 2. The summed E-state index contributed by atoms with van der Waals surface area (Å²) in [6.45, 7) is 3.27. The average molecular weight is 523 g/mol. The van der Waals surface area contributed by atoms with E-state index in [1.807, 2.05) is 37.4 Å². The maximum absolute atomic E-state index is 12.2. The van der Waals surface area contributed by atoms with Gasteiger partial charge in [0.15, 0.2) is 6.79 Å². The van der Waals surface area contributed by atoms with Gasteiger partial charge in [-0.25, -0.2) is 9.37 Å². The van der Waals surface area contributed by atoms with Crippen molar-refractivity contribution in [3.8, 4) is 5.75 Å². The third-order valence-corrected chi connectivity index (χ3v) is 6.50. The van der Waals surface area contributed by atoms with Gasteiger partial charge >= 0.3 is 0 Å². The highest BCUT2D eigenvalue weighted by Crippen LogP contribution is 2.32. The lowest BCUT2D eigenvalue weighted by atomic mass is 10.1. The molecule has 5 nitrogen and oxygen atoms in total. The smallest absolute Gasteiger partial charge is 0.188 e. The molecule has 0 saturated heterocycles. The van der Waals surface area contributed by atoms with E-state index in [9.17, 15) is 4.39 Å². The van der Waals surface area contributed by atoms with Crippen molar-refractivity contribution < 1.29 is 18.6 Å². The minimum Gasteiger partial charge on any atom is -0.466 e. The number of thiazole rings is 1. The van der Waals surface area contributed by atoms with Crippen LogP contribution in [-0.4, -0.2) is 52.4 Å². The molecule has 0 amide bonds. The van der Waals surface area contributed by atoms with E-state index in [-0.39, 0.29) is 13.4 Å². The summed E-state index contributed by atoms with van der Waals surface area (Å²) in [5.74, 6) is 0.739. The van der Waals surface area contributed by atoms with Gasteiger partial charge in [0, 0.05) is 26.4 Å². The van der Waals surface area contributed by atoms with Crippen molar-refractivity contribution in [2.75, 3.05) is 52.3 Å². The summed E-state index contributed by atoms with van der Waals surface area (Å²) < 4.78 is 30.0. The number of hydrogen-bond acceptors (Lipinski definition) is 6. The lowest BCUT2D eigenvalue weighted by Gasteiger charge is -2.22. The number of halogens is 2. The number of aromatic nitrogens is 1. The molecule has 0 aliphatic carbocycles. The van der Waals surface area contributed by atoms with Gasteiger partial charge in [-0.15, -0.1) is 11.3 Å². The van der Waals surface area contributed by atoms with Crippen LogP contribution in [0.2, 0.25) is 0 Å². The zero-order valence-electron chi connectivity index (χ0n) is 18.6. The van der Waals surface area contributed by atoms with Crippen molar-refractivity contribution in [3.63, 3.8) is 0 Å². The number of benzene rings is 2. The second kappa shape index (κ2) is 12.3. The Labute approximate surface area is 200 Å². The Hall–Kier alpha value is -2.00. The van der Waals surface area contributed by atoms with Gasteiger partial charge in [0.2, 0.25) is 0 Å². The van der Waals surface area contributed by atoms with Gasteiger partial charge in [0.25, 0.3) is 0 Å². The molecule has 32 heavy (non-hydrogen) atoms. The number of methoxy groups -OCH3 is 1. The van der Waals surface area contributed by atoms with Crippen molar-refractivity contribution in [3.05, 3.63) is 50.9 Å². The van der Waals surface area contributed by atoms with Crippen LogP contribution in [0.15, 0.2) is 34.8 Å². The predicted octanol–water partition coefficient (Wildman–Crippen LogP) is 6.20. The van der Waals surface area contributed by atoms with E-state index in [2.05, 4.69) is 39.9 Å². The predicted molar refractivity (Wildman–Crippen MR) is 135 cm³/mol. The summed E-state index contributed by atoms with van der Waals surface area (Å²) in [6, 6.07) is 10.3. The molecule has 0 aliphatic heterocycles. The third-order valence-electron chi connectivity index (χ3n) is 4.90. The van der Waals surface area contributed by atoms with E-state index in [4.69, 9.17) is 19.2 Å². The molecule has 1 heterocycles. The number of rotatable bonds is 12. The van der Waals surface area contributed by atoms with Crippen molar-refractivity contribution in [2.45, 2.75) is 13.3 Å². The Morgan fingerprint density at radius 1 is 1.19 bits per heavy atom. The Kier molecular flexibility index (Phi) is 9.47. The van der Waals surface area contributed by atoms with E-state index in [1.54, 1.807) is 18.4 Å². The summed E-state index contributed by atoms with van der Waals surface area (Å²) in [4.78, 5) is 6.96. The van der Waals surface area contributed by atoms with Gasteiger partial charge in [-0.05, 0) is 63.8 Å². The number of likely N-dealkylation sites (N-methyl/N-ethyl adjacent to an activating group) is 1. The molecule has 0 atom stereocenters. The number of alkyl halides is 1. The topological polar surface area (TPSA) is 43.8 Å². The third kappa shape index (κ3) is 6.51. The highest BCUT2D eigenvalue weighted by Gasteiger charge is 2.11. The van der Waals surface area contributed by atoms with Crippen molar-refractivity contribution in [1.29, 1.82) is 0 Å². The van der Waals surface area contributed by atoms with E-state index in [0.29, 0.717) is 13.2 Å². The molecule has 0 radical (unpaired) electrons. The van der Waals surface area contributed by atoms with Gasteiger partial charge in [-0.1, -0.05) is 19.1 Å². The Morgan fingerprint density at radius 3 is 2.75 bits per heavy atom. The summed E-state index contributed by atoms with van der Waals surface area (Å²) in [6.07, 6.45) is 4.98. The molecular weight excluding hydrogens is 495 g/mol. The van der Waals surface area contributed by atoms with Gasteiger partial charge in [0.05, 0.1) is 27.9 Å². The molecule has 0 fully saturated rings. The van der Waals surface area contributed by atoms with Gasteiger partial charge in [0.1, 0.15) is 17.4 Å². The van der Waals surface area contributed by atoms with Crippen LogP contribution in [0.3, 0.4) is 0 Å².